The molecule has 2 N–H and O–H groups in total. The van der Waals surface area contributed by atoms with Gasteiger partial charge >= 0.3 is 0 Å². The second kappa shape index (κ2) is 5.29. The molecule has 2 rings (SSSR count). The zero-order valence-corrected chi connectivity index (χ0v) is 12.2. The number of carbonyl (C=O) groups is 1. The second-order valence-corrected chi connectivity index (χ2v) is 5.97. The Kier molecular flexibility index (Phi) is 3.90. The van der Waals surface area contributed by atoms with E-state index in [0.29, 0.717) is 11.5 Å². The average Bonchev–Trinajstić information content (AvgIpc) is 3.17. The summed E-state index contributed by atoms with van der Waals surface area (Å²) < 4.78 is 0. The van der Waals surface area contributed by atoms with Crippen molar-refractivity contribution in [3.63, 3.8) is 0 Å². The number of thiocarbonyl (C=S) groups is 1. The van der Waals surface area contributed by atoms with Crippen LogP contribution in [0.1, 0.15) is 32.3 Å². The Bertz CT molecular complexity index is 480. The molecule has 1 aromatic carbocycles. The quantitative estimate of drug-likeness (QED) is 0.839. The van der Waals surface area contributed by atoms with Crippen LogP contribution in [0.15, 0.2) is 30.3 Å². The fourth-order valence-corrected chi connectivity index (χ4v) is 2.58. The zero-order valence-electron chi connectivity index (χ0n) is 11.4. The average molecular weight is 276 g/mol. The first-order valence-corrected chi connectivity index (χ1v) is 7.03. The van der Waals surface area contributed by atoms with Gasteiger partial charge in [-0.05, 0) is 32.3 Å². The van der Waals surface area contributed by atoms with Gasteiger partial charge in [0, 0.05) is 6.04 Å². The van der Waals surface area contributed by atoms with Crippen LogP contribution in [0.25, 0.3) is 0 Å². The van der Waals surface area contributed by atoms with E-state index in [4.69, 9.17) is 18.0 Å². The van der Waals surface area contributed by atoms with Crippen LogP contribution >= 0.6 is 12.2 Å². The van der Waals surface area contributed by atoms with Crippen molar-refractivity contribution < 1.29 is 4.79 Å². The number of carbonyl (C=O) groups excluding carboxylic acids is 1. The molecule has 1 fully saturated rings. The summed E-state index contributed by atoms with van der Waals surface area (Å²) in [6.45, 7) is 4.36. The van der Waals surface area contributed by atoms with Crippen LogP contribution in [0, 0.1) is 0 Å². The molecule has 1 aromatic rings. The molecule has 1 saturated carbocycles. The zero-order chi connectivity index (χ0) is 14.0. The van der Waals surface area contributed by atoms with E-state index in [9.17, 15) is 4.79 Å². The monoisotopic (exact) mass is 276 g/mol. The molecule has 1 amide bonds. The van der Waals surface area contributed by atoms with Gasteiger partial charge in [-0.3, -0.25) is 4.79 Å². The first kappa shape index (κ1) is 14.0. The molecule has 4 heteroatoms. The van der Waals surface area contributed by atoms with E-state index >= 15 is 0 Å². The van der Waals surface area contributed by atoms with Crippen molar-refractivity contribution in [3.05, 3.63) is 35.9 Å². The summed E-state index contributed by atoms with van der Waals surface area (Å²) >= 11 is 4.95. The van der Waals surface area contributed by atoms with Gasteiger partial charge in [0.05, 0.1) is 16.9 Å². The number of nitrogens with two attached hydrogens (primary N) is 1. The van der Waals surface area contributed by atoms with Crippen molar-refractivity contribution >= 4 is 23.1 Å². The lowest BCUT2D eigenvalue weighted by atomic mass is 9.94. The van der Waals surface area contributed by atoms with Crippen LogP contribution in [-0.4, -0.2) is 28.4 Å². The van der Waals surface area contributed by atoms with Gasteiger partial charge in [0.15, 0.2) is 0 Å². The van der Waals surface area contributed by atoms with Crippen LogP contribution in [0.4, 0.5) is 0 Å². The Morgan fingerprint density at radius 2 is 1.95 bits per heavy atom. The lowest BCUT2D eigenvalue weighted by molar-refractivity contribution is -0.134. The van der Waals surface area contributed by atoms with Gasteiger partial charge in [0.25, 0.3) is 0 Å². The Morgan fingerprint density at radius 3 is 2.37 bits per heavy atom. The van der Waals surface area contributed by atoms with Gasteiger partial charge in [-0.25, -0.2) is 0 Å². The summed E-state index contributed by atoms with van der Waals surface area (Å²) in [5, 5.41) is 0. The van der Waals surface area contributed by atoms with Crippen molar-refractivity contribution in [2.24, 2.45) is 5.73 Å². The summed E-state index contributed by atoms with van der Waals surface area (Å²) in [6, 6.07) is 10.1. The maximum atomic E-state index is 12.8. The van der Waals surface area contributed by atoms with Gasteiger partial charge in [0.2, 0.25) is 5.91 Å². The highest BCUT2D eigenvalue weighted by atomic mass is 32.1. The molecule has 0 aliphatic heterocycles. The molecule has 102 valence electrons. The summed E-state index contributed by atoms with van der Waals surface area (Å²) in [5.74, 6) is 0.154. The molecule has 0 unspecified atom stereocenters. The summed E-state index contributed by atoms with van der Waals surface area (Å²) in [5.41, 5.74) is 6.38. The SMILES string of the molecule is CC(C)N(CC(N)=S)C(=O)C1(c2ccccc2)CC1. The molecule has 0 radical (unpaired) electrons. The third-order valence-electron chi connectivity index (χ3n) is 3.70. The summed E-state index contributed by atoms with van der Waals surface area (Å²) in [6.07, 6.45) is 1.83. The van der Waals surface area contributed by atoms with E-state index in [-0.39, 0.29) is 17.4 Å². The highest BCUT2D eigenvalue weighted by Crippen LogP contribution is 2.49. The maximum Gasteiger partial charge on any atom is 0.233 e. The predicted molar refractivity (Wildman–Crippen MR) is 81.0 cm³/mol. The molecule has 0 bridgehead atoms. The Hall–Kier alpha value is -1.42. The van der Waals surface area contributed by atoms with Crippen LogP contribution < -0.4 is 5.73 Å². The minimum absolute atomic E-state index is 0.107. The third-order valence-corrected chi connectivity index (χ3v) is 3.83. The van der Waals surface area contributed by atoms with Crippen molar-refractivity contribution in [3.8, 4) is 0 Å². The molecule has 0 saturated heterocycles. The second-order valence-electron chi connectivity index (χ2n) is 5.44. The predicted octanol–water partition coefficient (Wildman–Crippen LogP) is 2.24. The van der Waals surface area contributed by atoms with E-state index in [1.165, 1.54) is 0 Å². The number of benzene rings is 1. The van der Waals surface area contributed by atoms with E-state index in [1.54, 1.807) is 4.90 Å². The van der Waals surface area contributed by atoms with Crippen LogP contribution in [-0.2, 0) is 10.2 Å². The van der Waals surface area contributed by atoms with E-state index in [1.807, 2.05) is 44.2 Å². The minimum atomic E-state index is -0.337. The molecule has 1 aliphatic carbocycles. The molecular formula is C15H20N2OS. The van der Waals surface area contributed by atoms with Gasteiger partial charge in [0.1, 0.15) is 0 Å². The van der Waals surface area contributed by atoms with Crippen molar-refractivity contribution in [1.82, 2.24) is 4.90 Å². The molecular weight excluding hydrogens is 256 g/mol. The normalized spacial score (nSPS) is 16.2. The Labute approximate surface area is 119 Å². The van der Waals surface area contributed by atoms with E-state index in [2.05, 4.69) is 0 Å². The lowest BCUT2D eigenvalue weighted by Gasteiger charge is -2.30. The third kappa shape index (κ3) is 2.78. The summed E-state index contributed by atoms with van der Waals surface area (Å²) in [7, 11) is 0. The van der Waals surface area contributed by atoms with Crippen LogP contribution in [0.3, 0.4) is 0 Å². The fraction of sp³-hybridized carbons (Fsp3) is 0.467. The van der Waals surface area contributed by atoms with Gasteiger partial charge in [-0.1, -0.05) is 42.5 Å². The molecule has 19 heavy (non-hydrogen) atoms. The van der Waals surface area contributed by atoms with E-state index < -0.39 is 0 Å². The Balaban J connectivity index is 2.25. The largest absolute Gasteiger partial charge is 0.392 e. The lowest BCUT2D eigenvalue weighted by Crippen LogP contribution is -2.47. The fourth-order valence-electron chi connectivity index (χ4n) is 2.44. The van der Waals surface area contributed by atoms with Gasteiger partial charge < -0.3 is 10.6 Å². The number of hydrogen-bond acceptors (Lipinski definition) is 2. The van der Waals surface area contributed by atoms with Crippen molar-refractivity contribution in [2.75, 3.05) is 6.54 Å². The molecule has 0 atom stereocenters. The standard InChI is InChI=1S/C15H20N2OS/c1-11(2)17(10-13(16)19)14(18)15(8-9-15)12-6-4-3-5-7-12/h3-7,11H,8-10H2,1-2H3,(H2,16,19). The first-order valence-electron chi connectivity index (χ1n) is 6.62. The highest BCUT2D eigenvalue weighted by Gasteiger charge is 2.53. The molecule has 1 aliphatic rings. The molecule has 0 spiro atoms. The highest BCUT2D eigenvalue weighted by molar-refractivity contribution is 7.80. The Morgan fingerprint density at radius 1 is 1.37 bits per heavy atom. The number of rotatable bonds is 5. The first-order chi connectivity index (χ1) is 8.97. The van der Waals surface area contributed by atoms with Crippen LogP contribution in [0.5, 0.6) is 0 Å². The molecule has 0 aromatic heterocycles. The number of nitrogens with zero attached hydrogens (tertiary/aromatic N) is 1. The number of amides is 1. The van der Waals surface area contributed by atoms with Gasteiger partial charge in [-0.15, -0.1) is 0 Å². The smallest absolute Gasteiger partial charge is 0.233 e. The molecule has 3 nitrogen and oxygen atoms in total. The van der Waals surface area contributed by atoms with Crippen LogP contribution in [0.2, 0.25) is 0 Å². The van der Waals surface area contributed by atoms with Crippen molar-refractivity contribution in [1.29, 1.82) is 0 Å². The summed E-state index contributed by atoms with van der Waals surface area (Å²) in [4.78, 5) is 15.0. The molecule has 0 heterocycles. The minimum Gasteiger partial charge on any atom is -0.392 e. The maximum absolute atomic E-state index is 12.8. The number of hydrogen-bond donors (Lipinski definition) is 1. The van der Waals surface area contributed by atoms with Crippen molar-refractivity contribution in [2.45, 2.75) is 38.1 Å². The van der Waals surface area contributed by atoms with Gasteiger partial charge in [-0.2, -0.15) is 0 Å². The van der Waals surface area contributed by atoms with E-state index in [0.717, 1.165) is 18.4 Å². The topological polar surface area (TPSA) is 46.3 Å².